The molecule has 2 aromatic carbocycles. The summed E-state index contributed by atoms with van der Waals surface area (Å²) in [6, 6.07) is 18.6. The summed E-state index contributed by atoms with van der Waals surface area (Å²) in [4.78, 5) is 29.8. The van der Waals surface area contributed by atoms with Crippen molar-refractivity contribution in [3.05, 3.63) is 77.6 Å². The highest BCUT2D eigenvalue weighted by molar-refractivity contribution is 5.92. The van der Waals surface area contributed by atoms with E-state index in [0.29, 0.717) is 18.9 Å². The number of aromatic nitrogens is 4. The Labute approximate surface area is 167 Å². The lowest BCUT2D eigenvalue weighted by atomic mass is 10.1. The highest BCUT2D eigenvalue weighted by Gasteiger charge is 2.39. The van der Waals surface area contributed by atoms with E-state index in [1.54, 1.807) is 4.68 Å². The summed E-state index contributed by atoms with van der Waals surface area (Å²) in [6.45, 7) is 0.870. The summed E-state index contributed by atoms with van der Waals surface area (Å²) >= 11 is 0. The number of β-lactam (4-membered cyclic amide) rings is 1. The number of hydrogen-bond acceptors (Lipinski definition) is 6. The Balaban J connectivity index is 1.24. The van der Waals surface area contributed by atoms with Gasteiger partial charge in [-0.2, -0.15) is 0 Å². The number of benzene rings is 2. The van der Waals surface area contributed by atoms with Gasteiger partial charge in [-0.3, -0.25) is 14.4 Å². The van der Waals surface area contributed by atoms with E-state index < -0.39 is 6.04 Å². The van der Waals surface area contributed by atoms with E-state index in [2.05, 4.69) is 20.8 Å². The van der Waals surface area contributed by atoms with Gasteiger partial charge in [0.15, 0.2) is 5.82 Å². The molecule has 1 aromatic heterocycles. The van der Waals surface area contributed by atoms with Gasteiger partial charge >= 0.3 is 0 Å². The van der Waals surface area contributed by atoms with Gasteiger partial charge in [0.05, 0.1) is 19.5 Å². The molecule has 9 nitrogen and oxygen atoms in total. The topological polar surface area (TPSA) is 102 Å². The molecule has 3 aromatic rings. The molecule has 0 aliphatic carbocycles. The second kappa shape index (κ2) is 8.61. The Morgan fingerprint density at radius 1 is 1.07 bits per heavy atom. The van der Waals surface area contributed by atoms with Crippen molar-refractivity contribution in [2.45, 2.75) is 25.6 Å². The molecular weight excluding hydrogens is 372 g/mol. The van der Waals surface area contributed by atoms with Gasteiger partial charge in [0.1, 0.15) is 12.6 Å². The van der Waals surface area contributed by atoms with Gasteiger partial charge in [-0.15, -0.1) is 5.10 Å². The maximum atomic E-state index is 12.2. The second-order valence-electron chi connectivity index (χ2n) is 6.69. The number of rotatable bonds is 8. The standard InChI is InChI=1S/C20H20N6O3/c27-19(11-15-7-3-1-4-8-15)21-17-13-26(20(17)28)29-14-18-22-23-24-25(18)12-16-9-5-2-6-10-16/h1-10,17H,11-14H2,(H,21,27). The van der Waals surface area contributed by atoms with Crippen molar-refractivity contribution < 1.29 is 14.4 Å². The molecule has 1 fully saturated rings. The third-order valence-corrected chi connectivity index (χ3v) is 4.57. The van der Waals surface area contributed by atoms with Crippen LogP contribution in [0.25, 0.3) is 0 Å². The number of carbonyl (C=O) groups is 2. The molecule has 1 saturated heterocycles. The summed E-state index contributed by atoms with van der Waals surface area (Å²) < 4.78 is 1.62. The second-order valence-corrected chi connectivity index (χ2v) is 6.69. The first-order valence-corrected chi connectivity index (χ1v) is 9.25. The summed E-state index contributed by atoms with van der Waals surface area (Å²) in [6.07, 6.45) is 0.236. The highest BCUT2D eigenvalue weighted by Crippen LogP contribution is 2.13. The molecule has 0 bridgehead atoms. The minimum Gasteiger partial charge on any atom is -0.342 e. The minimum atomic E-state index is -0.563. The van der Waals surface area contributed by atoms with E-state index in [4.69, 9.17) is 4.84 Å². The molecule has 148 valence electrons. The lowest BCUT2D eigenvalue weighted by Gasteiger charge is -2.36. The smallest absolute Gasteiger partial charge is 0.270 e. The SMILES string of the molecule is O=C(Cc1ccccc1)NC1CN(OCc2nnnn2Cc2ccccc2)C1=O. The van der Waals surface area contributed by atoms with Crippen LogP contribution in [0, 0.1) is 0 Å². The Morgan fingerprint density at radius 3 is 2.45 bits per heavy atom. The predicted octanol–water partition coefficient (Wildman–Crippen LogP) is 0.723. The third kappa shape index (κ3) is 4.64. The van der Waals surface area contributed by atoms with E-state index >= 15 is 0 Å². The molecule has 9 heteroatoms. The monoisotopic (exact) mass is 392 g/mol. The third-order valence-electron chi connectivity index (χ3n) is 4.57. The molecule has 1 atom stereocenters. The molecule has 1 aliphatic rings. The van der Waals surface area contributed by atoms with Crippen LogP contribution in [0.3, 0.4) is 0 Å². The van der Waals surface area contributed by atoms with Crippen LogP contribution in [0.15, 0.2) is 60.7 Å². The van der Waals surface area contributed by atoms with E-state index in [9.17, 15) is 9.59 Å². The Morgan fingerprint density at radius 2 is 1.76 bits per heavy atom. The molecule has 2 heterocycles. The lowest BCUT2D eigenvalue weighted by molar-refractivity contribution is -0.220. The number of nitrogens with one attached hydrogen (secondary N) is 1. The van der Waals surface area contributed by atoms with Crippen LogP contribution in [0.2, 0.25) is 0 Å². The Hall–Kier alpha value is -3.59. The predicted molar refractivity (Wildman–Crippen MR) is 102 cm³/mol. The average molecular weight is 392 g/mol. The van der Waals surface area contributed by atoms with Crippen LogP contribution < -0.4 is 5.32 Å². The van der Waals surface area contributed by atoms with E-state index in [1.165, 1.54) is 5.06 Å². The van der Waals surface area contributed by atoms with Crippen molar-refractivity contribution in [1.29, 1.82) is 0 Å². The number of amides is 2. The quantitative estimate of drug-likeness (QED) is 0.567. The van der Waals surface area contributed by atoms with Crippen molar-refractivity contribution >= 4 is 11.8 Å². The fourth-order valence-corrected chi connectivity index (χ4v) is 2.99. The molecule has 1 N–H and O–H groups in total. The lowest BCUT2D eigenvalue weighted by Crippen LogP contribution is -2.63. The van der Waals surface area contributed by atoms with Crippen molar-refractivity contribution in [3.63, 3.8) is 0 Å². The first kappa shape index (κ1) is 18.8. The van der Waals surface area contributed by atoms with Crippen molar-refractivity contribution in [2.24, 2.45) is 0 Å². The molecule has 29 heavy (non-hydrogen) atoms. The Kier molecular flexibility index (Phi) is 5.57. The van der Waals surface area contributed by atoms with Crippen LogP contribution in [-0.2, 0) is 34.0 Å². The van der Waals surface area contributed by atoms with E-state index in [0.717, 1.165) is 11.1 Å². The number of nitrogens with zero attached hydrogens (tertiary/aromatic N) is 5. The van der Waals surface area contributed by atoms with Crippen molar-refractivity contribution in [2.75, 3.05) is 6.54 Å². The fourth-order valence-electron chi connectivity index (χ4n) is 2.99. The van der Waals surface area contributed by atoms with Gasteiger partial charge in [0, 0.05) is 0 Å². The zero-order chi connectivity index (χ0) is 20.1. The van der Waals surface area contributed by atoms with Crippen LogP contribution >= 0.6 is 0 Å². The van der Waals surface area contributed by atoms with Crippen LogP contribution in [0.4, 0.5) is 0 Å². The molecule has 2 amide bonds. The molecular formula is C20H20N6O3. The maximum Gasteiger partial charge on any atom is 0.270 e. The van der Waals surface area contributed by atoms with Gasteiger partial charge in [0.2, 0.25) is 5.91 Å². The fraction of sp³-hybridized carbons (Fsp3) is 0.250. The van der Waals surface area contributed by atoms with Crippen LogP contribution in [0.5, 0.6) is 0 Å². The van der Waals surface area contributed by atoms with E-state index in [1.807, 2.05) is 60.7 Å². The number of tetrazole rings is 1. The molecule has 0 saturated carbocycles. The molecule has 0 radical (unpaired) electrons. The zero-order valence-electron chi connectivity index (χ0n) is 15.6. The van der Waals surface area contributed by atoms with Gasteiger partial charge in [-0.1, -0.05) is 60.7 Å². The van der Waals surface area contributed by atoms with Crippen molar-refractivity contribution in [3.8, 4) is 0 Å². The number of hydrogen-bond donors (Lipinski definition) is 1. The largest absolute Gasteiger partial charge is 0.342 e. The van der Waals surface area contributed by atoms with Gasteiger partial charge in [0.25, 0.3) is 5.91 Å². The zero-order valence-corrected chi connectivity index (χ0v) is 15.6. The molecule has 1 aliphatic heterocycles. The number of hydroxylamine groups is 2. The van der Waals surface area contributed by atoms with Gasteiger partial charge in [-0.05, 0) is 21.6 Å². The van der Waals surface area contributed by atoms with Crippen molar-refractivity contribution in [1.82, 2.24) is 30.6 Å². The molecule has 0 spiro atoms. The normalized spacial score (nSPS) is 15.8. The summed E-state index contributed by atoms with van der Waals surface area (Å²) in [5.74, 6) is 0.0349. The van der Waals surface area contributed by atoms with Gasteiger partial charge < -0.3 is 5.32 Å². The molecule has 1 unspecified atom stereocenters. The average Bonchev–Trinajstić information content (AvgIpc) is 3.18. The highest BCUT2D eigenvalue weighted by atomic mass is 16.7. The number of carbonyl (C=O) groups excluding carboxylic acids is 2. The molecule has 4 rings (SSSR count). The maximum absolute atomic E-state index is 12.2. The van der Waals surface area contributed by atoms with Crippen LogP contribution in [-0.4, -0.2) is 49.7 Å². The summed E-state index contributed by atoms with van der Waals surface area (Å²) in [7, 11) is 0. The minimum absolute atomic E-state index is 0.0657. The van der Waals surface area contributed by atoms with E-state index in [-0.39, 0.29) is 24.8 Å². The van der Waals surface area contributed by atoms with Gasteiger partial charge in [-0.25, -0.2) is 9.75 Å². The first-order chi connectivity index (χ1) is 14.2. The van der Waals surface area contributed by atoms with Crippen LogP contribution in [0.1, 0.15) is 17.0 Å². The summed E-state index contributed by atoms with van der Waals surface area (Å²) in [5, 5.41) is 15.5. The summed E-state index contributed by atoms with van der Waals surface area (Å²) in [5.41, 5.74) is 1.96. The Bertz CT molecular complexity index is 976. The first-order valence-electron chi connectivity index (χ1n) is 9.25.